The van der Waals surface area contributed by atoms with Crippen LogP contribution >= 0.6 is 0 Å². The highest BCUT2D eigenvalue weighted by atomic mass is 16.7. The van der Waals surface area contributed by atoms with E-state index in [4.69, 9.17) is 14.2 Å². The lowest BCUT2D eigenvalue weighted by Gasteiger charge is -2.19. The third-order valence-electron chi connectivity index (χ3n) is 1.83. The highest BCUT2D eigenvalue weighted by molar-refractivity contribution is 5.75. The summed E-state index contributed by atoms with van der Waals surface area (Å²) in [4.78, 5) is 10.8. The maximum absolute atomic E-state index is 10.8. The van der Waals surface area contributed by atoms with Crippen LogP contribution in [-0.2, 0) is 19.0 Å². The topological polar surface area (TPSA) is 44.8 Å². The molecular weight excluding hydrogens is 172 g/mol. The van der Waals surface area contributed by atoms with Crippen LogP contribution in [0.2, 0.25) is 0 Å². The maximum atomic E-state index is 10.8. The normalized spacial score (nSPS) is 13.3. The van der Waals surface area contributed by atoms with Crippen LogP contribution in [0.25, 0.3) is 0 Å². The van der Waals surface area contributed by atoms with E-state index in [1.807, 2.05) is 0 Å². The van der Waals surface area contributed by atoms with Crippen molar-refractivity contribution < 1.29 is 19.0 Å². The summed E-state index contributed by atoms with van der Waals surface area (Å²) in [6.07, 6.45) is 0.551. The molecule has 0 saturated heterocycles. The minimum Gasteiger partial charge on any atom is -0.381 e. The molecule has 78 valence electrons. The van der Waals surface area contributed by atoms with Crippen molar-refractivity contribution in [3.8, 4) is 0 Å². The molecule has 0 amide bonds. The Bertz CT molecular complexity index is 143. The van der Waals surface area contributed by atoms with Crippen LogP contribution in [-0.4, -0.2) is 39.5 Å². The number of methoxy groups -OCH3 is 3. The highest BCUT2D eigenvalue weighted by Gasteiger charge is 2.16. The van der Waals surface area contributed by atoms with Gasteiger partial charge in [0, 0.05) is 34.2 Å². The molecule has 0 heterocycles. The minimum absolute atomic E-state index is 0.109. The molecule has 0 bridgehead atoms. The maximum Gasteiger partial charge on any atom is 0.159 e. The van der Waals surface area contributed by atoms with Gasteiger partial charge in [0.25, 0.3) is 0 Å². The van der Waals surface area contributed by atoms with Gasteiger partial charge in [0.1, 0.15) is 5.78 Å². The van der Waals surface area contributed by atoms with E-state index >= 15 is 0 Å². The van der Waals surface area contributed by atoms with Crippen molar-refractivity contribution in [3.05, 3.63) is 0 Å². The van der Waals surface area contributed by atoms with Gasteiger partial charge in [0.2, 0.25) is 0 Å². The predicted molar refractivity (Wildman–Crippen MR) is 48.5 cm³/mol. The number of hydrogen-bond acceptors (Lipinski definition) is 4. The predicted octanol–water partition coefficient (Wildman–Crippen LogP) is 0.990. The van der Waals surface area contributed by atoms with Crippen molar-refractivity contribution in [1.29, 1.82) is 0 Å². The van der Waals surface area contributed by atoms with Crippen LogP contribution in [0.4, 0.5) is 0 Å². The lowest BCUT2D eigenvalue weighted by molar-refractivity contribution is -0.133. The summed E-state index contributed by atoms with van der Waals surface area (Å²) in [5.74, 6) is 0.109. The fourth-order valence-electron chi connectivity index (χ4n) is 1.09. The summed E-state index contributed by atoms with van der Waals surface area (Å²) in [6.45, 7) is 1.54. The van der Waals surface area contributed by atoms with Gasteiger partial charge in [0.15, 0.2) is 6.29 Å². The van der Waals surface area contributed by atoms with E-state index < -0.39 is 0 Å². The molecule has 0 spiro atoms. The van der Waals surface area contributed by atoms with Crippen LogP contribution in [0, 0.1) is 0 Å². The van der Waals surface area contributed by atoms with Crippen LogP contribution in [0.1, 0.15) is 19.8 Å². The molecule has 0 aliphatic carbocycles. The molecular formula is C9H18O4. The van der Waals surface area contributed by atoms with Gasteiger partial charge in [-0.3, -0.25) is 4.79 Å². The molecule has 0 radical (unpaired) electrons. The summed E-state index contributed by atoms with van der Waals surface area (Å²) in [6, 6.07) is 0. The molecule has 0 saturated carbocycles. The molecule has 1 unspecified atom stereocenters. The summed E-state index contributed by atoms with van der Waals surface area (Å²) in [5.41, 5.74) is 0. The third kappa shape index (κ3) is 5.74. The largest absolute Gasteiger partial charge is 0.381 e. The molecule has 0 aromatic carbocycles. The number of hydrogen-bond donors (Lipinski definition) is 0. The lowest BCUT2D eigenvalue weighted by Crippen LogP contribution is -2.24. The van der Waals surface area contributed by atoms with Gasteiger partial charge >= 0.3 is 0 Å². The van der Waals surface area contributed by atoms with E-state index in [9.17, 15) is 4.79 Å². The van der Waals surface area contributed by atoms with Gasteiger partial charge in [-0.25, -0.2) is 0 Å². The second kappa shape index (κ2) is 7.00. The zero-order valence-electron chi connectivity index (χ0n) is 8.70. The third-order valence-corrected chi connectivity index (χ3v) is 1.83. The number of ether oxygens (including phenoxy) is 3. The molecule has 0 fully saturated rings. The minimum atomic E-state index is -0.302. The first-order valence-electron chi connectivity index (χ1n) is 4.21. The first-order chi connectivity index (χ1) is 6.13. The fourth-order valence-corrected chi connectivity index (χ4v) is 1.09. The Morgan fingerprint density at radius 2 is 1.69 bits per heavy atom. The molecule has 1 atom stereocenters. The van der Waals surface area contributed by atoms with Crippen molar-refractivity contribution in [1.82, 2.24) is 0 Å². The molecule has 0 rings (SSSR count). The molecule has 13 heavy (non-hydrogen) atoms. The van der Waals surface area contributed by atoms with Gasteiger partial charge in [-0.15, -0.1) is 0 Å². The van der Waals surface area contributed by atoms with Gasteiger partial charge in [-0.2, -0.15) is 0 Å². The van der Waals surface area contributed by atoms with E-state index in [1.165, 1.54) is 0 Å². The van der Waals surface area contributed by atoms with Gasteiger partial charge in [0.05, 0.1) is 6.10 Å². The molecule has 4 nitrogen and oxygen atoms in total. The Morgan fingerprint density at radius 1 is 1.15 bits per heavy atom. The lowest BCUT2D eigenvalue weighted by atomic mass is 10.1. The second-order valence-corrected chi connectivity index (χ2v) is 2.90. The van der Waals surface area contributed by atoms with E-state index in [1.54, 1.807) is 28.3 Å². The van der Waals surface area contributed by atoms with Crippen molar-refractivity contribution in [2.75, 3.05) is 21.3 Å². The number of rotatable bonds is 7. The Labute approximate surface area is 79.2 Å². The van der Waals surface area contributed by atoms with Crippen molar-refractivity contribution in [2.24, 2.45) is 0 Å². The summed E-state index contributed by atoms with van der Waals surface area (Å²) >= 11 is 0. The Kier molecular flexibility index (Phi) is 6.76. The Morgan fingerprint density at radius 3 is 2.00 bits per heavy atom. The van der Waals surface area contributed by atoms with Crippen LogP contribution in [0.5, 0.6) is 0 Å². The van der Waals surface area contributed by atoms with E-state index in [-0.39, 0.29) is 18.2 Å². The zero-order valence-corrected chi connectivity index (χ0v) is 8.70. The number of carbonyl (C=O) groups is 1. The molecule has 0 aromatic rings. The molecule has 4 heteroatoms. The first kappa shape index (κ1) is 12.6. The molecule has 0 aliphatic heterocycles. The smallest absolute Gasteiger partial charge is 0.159 e. The van der Waals surface area contributed by atoms with Gasteiger partial charge in [-0.1, -0.05) is 0 Å². The first-order valence-corrected chi connectivity index (χ1v) is 4.21. The average Bonchev–Trinajstić information content (AvgIpc) is 2.11. The van der Waals surface area contributed by atoms with Crippen molar-refractivity contribution in [2.45, 2.75) is 32.2 Å². The van der Waals surface area contributed by atoms with E-state index in [0.717, 1.165) is 0 Å². The second-order valence-electron chi connectivity index (χ2n) is 2.90. The average molecular weight is 190 g/mol. The SMILES string of the molecule is COC(CC(C)=O)CC(OC)OC. The Balaban J connectivity index is 3.87. The van der Waals surface area contributed by atoms with E-state index in [2.05, 4.69) is 0 Å². The van der Waals surface area contributed by atoms with Crippen LogP contribution in [0.3, 0.4) is 0 Å². The molecule has 0 N–H and O–H groups in total. The quantitative estimate of drug-likeness (QED) is 0.561. The standard InChI is InChI=1S/C9H18O4/c1-7(10)5-8(11-2)6-9(12-3)13-4/h8-9H,5-6H2,1-4H3. The summed E-state index contributed by atoms with van der Waals surface area (Å²) < 4.78 is 15.1. The van der Waals surface area contributed by atoms with Gasteiger partial charge in [-0.05, 0) is 6.92 Å². The number of carbonyl (C=O) groups excluding carboxylic acids is 1. The number of Topliss-reactive ketones (excluding diaryl/α,β-unsaturated/α-hetero) is 1. The highest BCUT2D eigenvalue weighted by Crippen LogP contribution is 2.09. The Hall–Kier alpha value is -0.450. The monoisotopic (exact) mass is 190 g/mol. The van der Waals surface area contributed by atoms with Gasteiger partial charge < -0.3 is 14.2 Å². The van der Waals surface area contributed by atoms with Crippen LogP contribution in [0.15, 0.2) is 0 Å². The summed E-state index contributed by atoms with van der Waals surface area (Å²) in [5, 5.41) is 0. The fraction of sp³-hybridized carbons (Fsp3) is 0.889. The van der Waals surface area contributed by atoms with Crippen molar-refractivity contribution >= 4 is 5.78 Å². The van der Waals surface area contributed by atoms with Crippen molar-refractivity contribution in [3.63, 3.8) is 0 Å². The molecule has 0 aliphatic rings. The zero-order chi connectivity index (χ0) is 10.3. The van der Waals surface area contributed by atoms with Crippen LogP contribution < -0.4 is 0 Å². The van der Waals surface area contributed by atoms with E-state index in [0.29, 0.717) is 12.8 Å². The number of ketones is 1. The summed E-state index contributed by atoms with van der Waals surface area (Å²) in [7, 11) is 4.71. The molecule has 0 aromatic heterocycles.